The molecule has 0 bridgehead atoms. The maximum atomic E-state index is 5.74. The Bertz CT molecular complexity index is 980. The third-order valence-corrected chi connectivity index (χ3v) is 5.58. The van der Waals surface area contributed by atoms with Gasteiger partial charge in [-0.15, -0.1) is 0 Å². The van der Waals surface area contributed by atoms with Crippen LogP contribution in [0.3, 0.4) is 0 Å². The Morgan fingerprint density at radius 2 is 0.731 bits per heavy atom. The van der Waals surface area contributed by atoms with Crippen LogP contribution in [0, 0.1) is 0 Å². The Balaban J connectivity index is 2.46. The topological polar surface area (TPSA) is 36.9 Å². The highest BCUT2D eigenvalue weighted by molar-refractivity contribution is 9.10. The van der Waals surface area contributed by atoms with Crippen LogP contribution >= 0.6 is 31.9 Å². The number of methoxy groups -OCH3 is 4. The van der Waals surface area contributed by atoms with Crippen LogP contribution in [-0.2, 0) is 0 Å². The highest BCUT2D eigenvalue weighted by Gasteiger charge is 2.25. The van der Waals surface area contributed by atoms with E-state index in [0.29, 0.717) is 23.0 Å². The number of halogens is 2. The molecule has 134 valence electrons. The molecule has 4 rings (SSSR count). The molecule has 0 amide bonds. The van der Waals surface area contributed by atoms with Gasteiger partial charge in [-0.1, -0.05) is 31.9 Å². The van der Waals surface area contributed by atoms with Crippen LogP contribution in [-0.4, -0.2) is 28.4 Å². The smallest absolute Gasteiger partial charge is 0.169 e. The fraction of sp³-hybridized carbons (Fsp3) is 0.200. The second kappa shape index (κ2) is 6.35. The SMILES string of the molecule is COc1c(OC)c2cc(Br)cc3c(OC)c(OC)c4cc(Br)cc1c4c23. The lowest BCUT2D eigenvalue weighted by Crippen LogP contribution is -1.99. The van der Waals surface area contributed by atoms with Gasteiger partial charge in [-0.3, -0.25) is 0 Å². The summed E-state index contributed by atoms with van der Waals surface area (Å²) >= 11 is 7.21. The van der Waals surface area contributed by atoms with Gasteiger partial charge >= 0.3 is 0 Å². The van der Waals surface area contributed by atoms with Gasteiger partial charge in [-0.25, -0.2) is 0 Å². The quantitative estimate of drug-likeness (QED) is 0.329. The molecule has 4 aromatic rings. The molecule has 0 aliphatic rings. The van der Waals surface area contributed by atoms with Gasteiger partial charge in [0.15, 0.2) is 23.0 Å². The molecule has 0 spiro atoms. The zero-order valence-corrected chi connectivity index (χ0v) is 17.9. The van der Waals surface area contributed by atoms with Crippen molar-refractivity contribution in [1.29, 1.82) is 0 Å². The van der Waals surface area contributed by atoms with E-state index in [1.165, 1.54) is 0 Å². The predicted molar refractivity (Wildman–Crippen MR) is 112 cm³/mol. The minimum atomic E-state index is 0.693. The molecule has 4 aromatic carbocycles. The number of ether oxygens (including phenoxy) is 4. The highest BCUT2D eigenvalue weighted by Crippen LogP contribution is 2.54. The van der Waals surface area contributed by atoms with Gasteiger partial charge in [-0.05, 0) is 24.3 Å². The van der Waals surface area contributed by atoms with Crippen molar-refractivity contribution in [3.63, 3.8) is 0 Å². The number of hydrogen-bond acceptors (Lipinski definition) is 4. The Morgan fingerprint density at radius 1 is 0.500 bits per heavy atom. The summed E-state index contributed by atoms with van der Waals surface area (Å²) in [5, 5.41) is 5.93. The molecule has 0 saturated heterocycles. The van der Waals surface area contributed by atoms with E-state index in [-0.39, 0.29) is 0 Å². The molecule has 6 heteroatoms. The van der Waals surface area contributed by atoms with E-state index in [2.05, 4.69) is 31.9 Å². The van der Waals surface area contributed by atoms with Crippen molar-refractivity contribution in [2.75, 3.05) is 28.4 Å². The maximum absolute atomic E-state index is 5.74. The van der Waals surface area contributed by atoms with E-state index in [0.717, 1.165) is 41.3 Å². The predicted octanol–water partition coefficient (Wildman–Crippen LogP) is 6.14. The average molecular weight is 480 g/mol. The zero-order valence-electron chi connectivity index (χ0n) is 14.7. The summed E-state index contributed by atoms with van der Waals surface area (Å²) in [6.07, 6.45) is 0. The standard InChI is InChI=1S/C20H16Br2O4/c1-23-17-11-5-9(21)7-13-15(11)16-12(18(17)24-2)6-10(22)8-14(16)20(26-4)19(13)25-3/h5-8H,1-4H3. The van der Waals surface area contributed by atoms with E-state index in [4.69, 9.17) is 18.9 Å². The number of hydrogen-bond donors (Lipinski definition) is 0. The number of benzene rings is 4. The molecule has 0 aliphatic carbocycles. The summed E-state index contributed by atoms with van der Waals surface area (Å²) in [6, 6.07) is 8.15. The third-order valence-electron chi connectivity index (χ3n) is 4.66. The molecule has 0 fully saturated rings. The molecular weight excluding hydrogens is 464 g/mol. The summed E-state index contributed by atoms with van der Waals surface area (Å²) in [5.74, 6) is 2.77. The molecule has 0 heterocycles. The van der Waals surface area contributed by atoms with Crippen molar-refractivity contribution >= 4 is 64.2 Å². The van der Waals surface area contributed by atoms with Crippen molar-refractivity contribution in [3.8, 4) is 23.0 Å². The van der Waals surface area contributed by atoms with Gasteiger partial charge in [0, 0.05) is 41.3 Å². The van der Waals surface area contributed by atoms with Crippen molar-refractivity contribution in [3.05, 3.63) is 33.2 Å². The van der Waals surface area contributed by atoms with E-state index >= 15 is 0 Å². The lowest BCUT2D eigenvalue weighted by molar-refractivity contribution is 0.360. The maximum Gasteiger partial charge on any atom is 0.169 e. The van der Waals surface area contributed by atoms with Crippen molar-refractivity contribution < 1.29 is 18.9 Å². The fourth-order valence-corrected chi connectivity index (χ4v) is 4.68. The molecule has 26 heavy (non-hydrogen) atoms. The number of rotatable bonds is 4. The van der Waals surface area contributed by atoms with Gasteiger partial charge in [0.05, 0.1) is 28.4 Å². The first-order chi connectivity index (χ1) is 12.5. The first-order valence-electron chi connectivity index (χ1n) is 7.89. The van der Waals surface area contributed by atoms with Crippen molar-refractivity contribution in [2.45, 2.75) is 0 Å². The minimum absolute atomic E-state index is 0.693. The zero-order chi connectivity index (χ0) is 18.6. The lowest BCUT2D eigenvalue weighted by atomic mass is 9.91. The molecular formula is C20H16Br2O4. The second-order valence-corrected chi connectivity index (χ2v) is 7.72. The minimum Gasteiger partial charge on any atom is -0.492 e. The van der Waals surface area contributed by atoms with Crippen LogP contribution in [0.25, 0.3) is 32.3 Å². The third kappa shape index (κ3) is 2.25. The largest absolute Gasteiger partial charge is 0.492 e. The normalized spacial score (nSPS) is 11.5. The Kier molecular flexibility index (Phi) is 4.28. The fourth-order valence-electron chi connectivity index (χ4n) is 3.77. The summed E-state index contributed by atoms with van der Waals surface area (Å²) < 4.78 is 24.8. The molecule has 0 aromatic heterocycles. The molecule has 0 atom stereocenters. The van der Waals surface area contributed by atoms with E-state index in [1.54, 1.807) is 28.4 Å². The summed E-state index contributed by atoms with van der Waals surface area (Å²) in [7, 11) is 6.62. The summed E-state index contributed by atoms with van der Waals surface area (Å²) in [6.45, 7) is 0. The van der Waals surface area contributed by atoms with Gasteiger partial charge in [0.1, 0.15) is 0 Å². The average Bonchev–Trinajstić information content (AvgIpc) is 2.63. The monoisotopic (exact) mass is 478 g/mol. The van der Waals surface area contributed by atoms with E-state index < -0.39 is 0 Å². The molecule has 0 saturated carbocycles. The van der Waals surface area contributed by atoms with Crippen LogP contribution < -0.4 is 18.9 Å². The van der Waals surface area contributed by atoms with Crippen molar-refractivity contribution in [2.24, 2.45) is 0 Å². The highest BCUT2D eigenvalue weighted by atomic mass is 79.9. The summed E-state index contributed by atoms with van der Waals surface area (Å²) in [5.41, 5.74) is 0. The molecule has 0 aliphatic heterocycles. The molecule has 0 radical (unpaired) electrons. The first kappa shape index (κ1) is 17.5. The van der Waals surface area contributed by atoms with Gasteiger partial charge in [0.25, 0.3) is 0 Å². The van der Waals surface area contributed by atoms with Gasteiger partial charge < -0.3 is 18.9 Å². The van der Waals surface area contributed by atoms with Crippen LogP contribution in [0.15, 0.2) is 33.2 Å². The summed E-state index contributed by atoms with van der Waals surface area (Å²) in [4.78, 5) is 0. The molecule has 0 unspecified atom stereocenters. The Morgan fingerprint density at radius 3 is 0.923 bits per heavy atom. The van der Waals surface area contributed by atoms with E-state index in [1.807, 2.05) is 24.3 Å². The van der Waals surface area contributed by atoms with Crippen LogP contribution in [0.5, 0.6) is 23.0 Å². The van der Waals surface area contributed by atoms with Crippen LogP contribution in [0.1, 0.15) is 0 Å². The second-order valence-electron chi connectivity index (χ2n) is 5.88. The molecule has 4 nitrogen and oxygen atoms in total. The van der Waals surface area contributed by atoms with Crippen LogP contribution in [0.2, 0.25) is 0 Å². The Hall–Kier alpha value is -1.92. The molecule has 0 N–H and O–H groups in total. The van der Waals surface area contributed by atoms with Gasteiger partial charge in [-0.2, -0.15) is 0 Å². The van der Waals surface area contributed by atoms with E-state index in [9.17, 15) is 0 Å². The van der Waals surface area contributed by atoms with Crippen molar-refractivity contribution in [1.82, 2.24) is 0 Å². The Labute approximate surface area is 167 Å². The van der Waals surface area contributed by atoms with Crippen LogP contribution in [0.4, 0.5) is 0 Å². The lowest BCUT2D eigenvalue weighted by Gasteiger charge is -2.22. The van der Waals surface area contributed by atoms with Gasteiger partial charge in [0.2, 0.25) is 0 Å². The first-order valence-corrected chi connectivity index (χ1v) is 9.47.